The minimum Gasteiger partial charge on any atom is -0.342 e. The highest BCUT2D eigenvalue weighted by atomic mass is 19.4. The van der Waals surface area contributed by atoms with E-state index < -0.39 is 11.7 Å². The summed E-state index contributed by atoms with van der Waals surface area (Å²) in [6.45, 7) is 1.20. The molecule has 0 saturated carbocycles. The fourth-order valence-corrected chi connectivity index (χ4v) is 3.80. The third-order valence-electron chi connectivity index (χ3n) is 5.44. The fourth-order valence-electron chi connectivity index (χ4n) is 3.80. The molecule has 31 heavy (non-hydrogen) atoms. The van der Waals surface area contributed by atoms with Crippen molar-refractivity contribution in [3.63, 3.8) is 0 Å². The number of piperidine rings is 1. The average molecular weight is 426 g/mol. The smallest absolute Gasteiger partial charge is 0.342 e. The third-order valence-corrected chi connectivity index (χ3v) is 5.44. The van der Waals surface area contributed by atoms with Gasteiger partial charge >= 0.3 is 6.18 Å². The summed E-state index contributed by atoms with van der Waals surface area (Å²) >= 11 is 0. The highest BCUT2D eigenvalue weighted by molar-refractivity contribution is 5.78. The van der Waals surface area contributed by atoms with Gasteiger partial charge in [0.1, 0.15) is 0 Å². The lowest BCUT2D eigenvalue weighted by Gasteiger charge is -2.32. The van der Waals surface area contributed by atoms with Crippen molar-refractivity contribution in [3.05, 3.63) is 78.0 Å². The van der Waals surface area contributed by atoms with Crippen LogP contribution in [0.25, 0.3) is 11.3 Å². The SMILES string of the molecule is O=C(Cc1ccncc1)N1CCC[C@H](c2cncc(-c3cccc(C(F)(F)F)c3)n2)C1. The number of aromatic nitrogens is 3. The van der Waals surface area contributed by atoms with E-state index in [-0.39, 0.29) is 11.8 Å². The maximum absolute atomic E-state index is 13.1. The summed E-state index contributed by atoms with van der Waals surface area (Å²) in [5, 5.41) is 0. The number of alkyl halides is 3. The van der Waals surface area contributed by atoms with Crippen LogP contribution in [0, 0.1) is 0 Å². The maximum atomic E-state index is 13.1. The van der Waals surface area contributed by atoms with E-state index in [9.17, 15) is 18.0 Å². The zero-order valence-corrected chi connectivity index (χ0v) is 16.7. The van der Waals surface area contributed by atoms with E-state index in [4.69, 9.17) is 0 Å². The predicted molar refractivity (Wildman–Crippen MR) is 109 cm³/mol. The average Bonchev–Trinajstić information content (AvgIpc) is 2.79. The number of carbonyl (C=O) groups excluding carboxylic acids is 1. The van der Waals surface area contributed by atoms with Crippen molar-refractivity contribution < 1.29 is 18.0 Å². The van der Waals surface area contributed by atoms with Crippen LogP contribution < -0.4 is 0 Å². The highest BCUT2D eigenvalue weighted by Crippen LogP contribution is 2.32. The zero-order valence-electron chi connectivity index (χ0n) is 16.7. The molecule has 1 fully saturated rings. The van der Waals surface area contributed by atoms with Crippen LogP contribution >= 0.6 is 0 Å². The molecule has 0 unspecified atom stereocenters. The number of benzene rings is 1. The topological polar surface area (TPSA) is 59.0 Å². The second-order valence-electron chi connectivity index (χ2n) is 7.62. The van der Waals surface area contributed by atoms with Crippen molar-refractivity contribution in [2.75, 3.05) is 13.1 Å². The highest BCUT2D eigenvalue weighted by Gasteiger charge is 2.31. The number of pyridine rings is 1. The molecule has 0 spiro atoms. The van der Waals surface area contributed by atoms with E-state index in [2.05, 4.69) is 15.0 Å². The molecule has 1 atom stereocenters. The number of amides is 1. The van der Waals surface area contributed by atoms with Crippen molar-refractivity contribution in [1.82, 2.24) is 19.9 Å². The van der Waals surface area contributed by atoms with E-state index >= 15 is 0 Å². The van der Waals surface area contributed by atoms with Crippen LogP contribution in [0.4, 0.5) is 13.2 Å². The van der Waals surface area contributed by atoms with E-state index in [0.717, 1.165) is 30.5 Å². The summed E-state index contributed by atoms with van der Waals surface area (Å²) in [5.74, 6) is 0.0336. The van der Waals surface area contributed by atoms with Crippen molar-refractivity contribution in [2.24, 2.45) is 0 Å². The first-order valence-corrected chi connectivity index (χ1v) is 10.1. The number of rotatable bonds is 4. The van der Waals surface area contributed by atoms with Gasteiger partial charge in [-0.05, 0) is 42.7 Å². The number of hydrogen-bond donors (Lipinski definition) is 0. The fraction of sp³-hybridized carbons (Fsp3) is 0.304. The minimum absolute atomic E-state index is 0.00612. The first-order valence-electron chi connectivity index (χ1n) is 10.1. The van der Waals surface area contributed by atoms with Gasteiger partial charge in [-0.15, -0.1) is 0 Å². The minimum atomic E-state index is -4.42. The molecule has 1 aromatic carbocycles. The summed E-state index contributed by atoms with van der Waals surface area (Å²) in [5.41, 5.74) is 1.64. The van der Waals surface area contributed by atoms with Crippen LogP contribution in [0.5, 0.6) is 0 Å². The molecule has 0 N–H and O–H groups in total. The van der Waals surface area contributed by atoms with Crippen LogP contribution in [0.15, 0.2) is 61.2 Å². The summed E-state index contributed by atoms with van der Waals surface area (Å²) in [6.07, 6.45) is 4.01. The van der Waals surface area contributed by atoms with E-state index in [0.29, 0.717) is 36.5 Å². The normalized spacial score (nSPS) is 16.9. The van der Waals surface area contributed by atoms with Crippen LogP contribution in [0.3, 0.4) is 0 Å². The lowest BCUT2D eigenvalue weighted by Crippen LogP contribution is -2.40. The molecule has 2 aromatic heterocycles. The van der Waals surface area contributed by atoms with E-state index in [1.54, 1.807) is 24.7 Å². The molecule has 4 rings (SSSR count). The van der Waals surface area contributed by atoms with Crippen molar-refractivity contribution in [2.45, 2.75) is 31.4 Å². The number of halogens is 3. The Morgan fingerprint density at radius 1 is 1.10 bits per heavy atom. The Bertz CT molecular complexity index is 1060. The maximum Gasteiger partial charge on any atom is 0.416 e. The molecular formula is C23H21F3N4O. The van der Waals surface area contributed by atoms with E-state index in [1.165, 1.54) is 12.3 Å². The number of carbonyl (C=O) groups is 1. The van der Waals surface area contributed by atoms with E-state index in [1.807, 2.05) is 17.0 Å². The first kappa shape index (κ1) is 21.0. The molecule has 0 bridgehead atoms. The van der Waals surface area contributed by atoms with Gasteiger partial charge in [-0.3, -0.25) is 14.8 Å². The number of hydrogen-bond acceptors (Lipinski definition) is 4. The molecule has 8 heteroatoms. The predicted octanol–water partition coefficient (Wildman–Crippen LogP) is 4.51. The van der Waals surface area contributed by atoms with Gasteiger partial charge in [0, 0.05) is 43.2 Å². The molecule has 3 aromatic rings. The summed E-state index contributed by atoms with van der Waals surface area (Å²) < 4.78 is 39.2. The molecule has 1 aliphatic heterocycles. The quantitative estimate of drug-likeness (QED) is 0.616. The van der Waals surface area contributed by atoms with Gasteiger partial charge in [0.05, 0.1) is 29.6 Å². The molecular weight excluding hydrogens is 405 g/mol. The molecule has 1 aliphatic rings. The Morgan fingerprint density at radius 3 is 2.68 bits per heavy atom. The second kappa shape index (κ2) is 8.83. The van der Waals surface area contributed by atoms with Crippen LogP contribution in [-0.2, 0) is 17.4 Å². The van der Waals surface area contributed by atoms with Crippen molar-refractivity contribution >= 4 is 5.91 Å². The molecule has 1 saturated heterocycles. The lowest BCUT2D eigenvalue weighted by molar-refractivity contribution is -0.137. The first-order chi connectivity index (χ1) is 14.9. The molecule has 0 radical (unpaired) electrons. The third kappa shape index (κ3) is 5.07. The zero-order chi connectivity index (χ0) is 21.8. The van der Waals surface area contributed by atoms with Crippen LogP contribution in [0.2, 0.25) is 0 Å². The van der Waals surface area contributed by atoms with Gasteiger partial charge in [0.25, 0.3) is 0 Å². The van der Waals surface area contributed by atoms with Crippen molar-refractivity contribution in [3.8, 4) is 11.3 Å². The van der Waals surface area contributed by atoms with Gasteiger partial charge < -0.3 is 4.90 Å². The molecule has 0 aliphatic carbocycles. The molecule has 5 nitrogen and oxygen atoms in total. The Kier molecular flexibility index (Phi) is 5.97. The number of likely N-dealkylation sites (tertiary alicyclic amines) is 1. The largest absolute Gasteiger partial charge is 0.416 e. The Balaban J connectivity index is 1.50. The summed E-state index contributed by atoms with van der Waals surface area (Å²) in [6, 6.07) is 8.72. The van der Waals surface area contributed by atoms with Crippen molar-refractivity contribution in [1.29, 1.82) is 0 Å². The Morgan fingerprint density at radius 2 is 1.90 bits per heavy atom. The Hall–Kier alpha value is -3.29. The Labute approximate surface area is 178 Å². The number of nitrogens with zero attached hydrogens (tertiary/aromatic N) is 4. The van der Waals surface area contributed by atoms with Gasteiger partial charge in [0.2, 0.25) is 5.91 Å². The molecule has 3 heterocycles. The van der Waals surface area contributed by atoms with Gasteiger partial charge in [0.15, 0.2) is 0 Å². The molecule has 160 valence electrons. The monoisotopic (exact) mass is 426 g/mol. The van der Waals surface area contributed by atoms with Gasteiger partial charge in [-0.25, -0.2) is 4.98 Å². The summed E-state index contributed by atoms with van der Waals surface area (Å²) in [7, 11) is 0. The standard InChI is InChI=1S/C23H21F3N4O/c24-23(25,26)19-5-1-3-17(12-19)20-13-28-14-21(29-20)18-4-2-10-30(15-18)22(31)11-16-6-8-27-9-7-16/h1,3,5-9,12-14,18H,2,4,10-11,15H2/t18-/m0/s1. The van der Waals surface area contributed by atoms with Crippen LogP contribution in [-0.4, -0.2) is 38.8 Å². The summed E-state index contributed by atoms with van der Waals surface area (Å²) in [4.78, 5) is 27.3. The lowest BCUT2D eigenvalue weighted by atomic mass is 9.94. The molecule has 1 amide bonds. The van der Waals surface area contributed by atoms with Gasteiger partial charge in [-0.2, -0.15) is 13.2 Å². The van der Waals surface area contributed by atoms with Crippen LogP contribution in [0.1, 0.15) is 35.6 Å². The van der Waals surface area contributed by atoms with Gasteiger partial charge in [-0.1, -0.05) is 12.1 Å². The second-order valence-corrected chi connectivity index (χ2v) is 7.62.